The number of aromatic nitrogens is 1. The van der Waals surface area contributed by atoms with Gasteiger partial charge in [-0.1, -0.05) is 0 Å². The lowest BCUT2D eigenvalue weighted by molar-refractivity contribution is 0.209. The van der Waals surface area contributed by atoms with Gasteiger partial charge in [-0.05, 0) is 18.6 Å². The second kappa shape index (κ2) is 5.84. The van der Waals surface area contributed by atoms with Crippen molar-refractivity contribution in [1.82, 2.24) is 9.88 Å². The van der Waals surface area contributed by atoms with Gasteiger partial charge in [-0.15, -0.1) is 0 Å². The zero-order valence-corrected chi connectivity index (χ0v) is 12.7. The van der Waals surface area contributed by atoms with Gasteiger partial charge in [0.25, 0.3) is 6.01 Å². The smallest absolute Gasteiger partial charge is 0.321 e. The van der Waals surface area contributed by atoms with Crippen LogP contribution in [0.25, 0.3) is 11.1 Å². The molecule has 7 nitrogen and oxygen atoms in total. The summed E-state index contributed by atoms with van der Waals surface area (Å²) in [7, 11) is 3.72. The molecule has 3 rings (SSSR count). The van der Waals surface area contributed by atoms with E-state index in [1.807, 2.05) is 26.2 Å². The number of nitrogens with zero attached hydrogens (tertiary/aromatic N) is 3. The minimum Gasteiger partial charge on any atom is -0.423 e. The summed E-state index contributed by atoms with van der Waals surface area (Å²) in [5.74, 6) is 0.185. The van der Waals surface area contributed by atoms with Crippen molar-refractivity contribution in [2.24, 2.45) is 5.92 Å². The highest BCUT2D eigenvalue weighted by Crippen LogP contribution is 2.24. The molecule has 1 aromatic heterocycles. The third-order valence-electron chi connectivity index (χ3n) is 3.84. The van der Waals surface area contributed by atoms with Crippen LogP contribution in [-0.2, 0) is 0 Å². The first-order valence-electron chi connectivity index (χ1n) is 7.31. The van der Waals surface area contributed by atoms with Crippen LogP contribution in [-0.4, -0.2) is 54.8 Å². The highest BCUT2D eigenvalue weighted by atomic mass is 16.4. The van der Waals surface area contributed by atoms with Gasteiger partial charge in [0.05, 0.1) is 0 Å². The number of nitrogens with one attached hydrogen (secondary N) is 1. The molecule has 1 aromatic carbocycles. The van der Waals surface area contributed by atoms with Crippen molar-refractivity contribution >= 4 is 28.8 Å². The van der Waals surface area contributed by atoms with Crippen LogP contribution in [0.3, 0.4) is 0 Å². The molecule has 22 heavy (non-hydrogen) atoms. The Morgan fingerprint density at radius 3 is 3.05 bits per heavy atom. The average molecular weight is 304 g/mol. The van der Waals surface area contributed by atoms with E-state index in [4.69, 9.17) is 9.52 Å². The Balaban J connectivity index is 1.72. The third-order valence-corrected chi connectivity index (χ3v) is 3.84. The fourth-order valence-corrected chi connectivity index (χ4v) is 2.55. The van der Waals surface area contributed by atoms with Gasteiger partial charge in [0.1, 0.15) is 5.52 Å². The number of oxazole rings is 1. The number of aliphatic hydroxyl groups excluding tert-OH is 1. The van der Waals surface area contributed by atoms with Crippen LogP contribution in [0.2, 0.25) is 0 Å². The number of fused-ring (bicyclic) bond motifs is 1. The van der Waals surface area contributed by atoms with E-state index in [1.54, 1.807) is 15.9 Å². The maximum atomic E-state index is 12.2. The Bertz CT molecular complexity index is 682. The molecule has 1 aliphatic rings. The number of rotatable bonds is 3. The van der Waals surface area contributed by atoms with Gasteiger partial charge in [-0.25, -0.2) is 4.79 Å². The number of hydrogen-bond acceptors (Lipinski definition) is 5. The molecule has 0 spiro atoms. The van der Waals surface area contributed by atoms with E-state index in [1.165, 1.54) is 0 Å². The number of anilines is 2. The molecule has 2 aromatic rings. The van der Waals surface area contributed by atoms with E-state index in [0.29, 0.717) is 30.4 Å². The van der Waals surface area contributed by atoms with Crippen LogP contribution in [0.15, 0.2) is 22.6 Å². The Morgan fingerprint density at radius 2 is 2.36 bits per heavy atom. The van der Waals surface area contributed by atoms with Gasteiger partial charge in [0.2, 0.25) is 0 Å². The number of aliphatic hydroxyl groups is 1. The number of carbonyl (C=O) groups is 1. The largest absolute Gasteiger partial charge is 0.423 e. The van der Waals surface area contributed by atoms with Crippen molar-refractivity contribution < 1.29 is 14.3 Å². The number of amides is 2. The summed E-state index contributed by atoms with van der Waals surface area (Å²) in [6.07, 6.45) is 0.844. The molecule has 2 N–H and O–H groups in total. The van der Waals surface area contributed by atoms with E-state index in [-0.39, 0.29) is 18.6 Å². The number of hydrogen-bond donors (Lipinski definition) is 2. The van der Waals surface area contributed by atoms with Crippen molar-refractivity contribution in [3.8, 4) is 0 Å². The molecule has 7 heteroatoms. The van der Waals surface area contributed by atoms with Gasteiger partial charge >= 0.3 is 6.03 Å². The summed E-state index contributed by atoms with van der Waals surface area (Å²) in [5, 5.41) is 12.0. The lowest BCUT2D eigenvalue weighted by Gasteiger charge is -2.16. The van der Waals surface area contributed by atoms with Gasteiger partial charge < -0.3 is 24.6 Å². The van der Waals surface area contributed by atoms with Crippen LogP contribution < -0.4 is 10.2 Å². The topological polar surface area (TPSA) is 81.8 Å². The van der Waals surface area contributed by atoms with E-state index >= 15 is 0 Å². The first-order chi connectivity index (χ1) is 10.6. The molecule has 0 saturated carbocycles. The summed E-state index contributed by atoms with van der Waals surface area (Å²) < 4.78 is 5.63. The van der Waals surface area contributed by atoms with Crippen molar-refractivity contribution in [3.05, 3.63) is 18.2 Å². The average Bonchev–Trinajstić information content (AvgIpc) is 3.13. The van der Waals surface area contributed by atoms with Gasteiger partial charge in [0.15, 0.2) is 5.58 Å². The van der Waals surface area contributed by atoms with Crippen LogP contribution in [0.4, 0.5) is 16.5 Å². The Morgan fingerprint density at radius 1 is 1.55 bits per heavy atom. The molecule has 0 radical (unpaired) electrons. The molecule has 118 valence electrons. The highest BCUT2D eigenvalue weighted by Gasteiger charge is 2.25. The summed E-state index contributed by atoms with van der Waals surface area (Å²) in [5.41, 5.74) is 2.06. The van der Waals surface area contributed by atoms with Crippen molar-refractivity contribution in [2.45, 2.75) is 6.42 Å². The summed E-state index contributed by atoms with van der Waals surface area (Å²) in [6, 6.07) is 5.78. The Hall–Kier alpha value is -2.28. The predicted octanol–water partition coefficient (Wildman–Crippen LogP) is 1.74. The van der Waals surface area contributed by atoms with Crippen molar-refractivity contribution in [1.29, 1.82) is 0 Å². The molecule has 1 saturated heterocycles. The predicted molar refractivity (Wildman–Crippen MR) is 84.1 cm³/mol. The number of urea groups is 1. The second-order valence-corrected chi connectivity index (χ2v) is 5.79. The molecule has 1 atom stereocenters. The van der Waals surface area contributed by atoms with Crippen LogP contribution in [0.1, 0.15) is 6.42 Å². The fourth-order valence-electron chi connectivity index (χ4n) is 2.55. The molecule has 2 amide bonds. The first kappa shape index (κ1) is 14.6. The van der Waals surface area contributed by atoms with Crippen LogP contribution >= 0.6 is 0 Å². The van der Waals surface area contributed by atoms with Crippen molar-refractivity contribution in [3.63, 3.8) is 0 Å². The second-order valence-electron chi connectivity index (χ2n) is 5.79. The molecule has 0 aliphatic carbocycles. The molecule has 0 bridgehead atoms. The zero-order valence-electron chi connectivity index (χ0n) is 12.7. The number of likely N-dealkylation sites (tertiary alicyclic amines) is 1. The fraction of sp³-hybridized carbons (Fsp3) is 0.467. The Kier molecular flexibility index (Phi) is 3.89. The molecule has 1 aliphatic heterocycles. The van der Waals surface area contributed by atoms with Gasteiger partial charge in [-0.3, -0.25) is 0 Å². The number of carbonyl (C=O) groups excluding carboxylic acids is 1. The standard InChI is InChI=1S/C15H20N4O3/c1-18(2)15-17-12-4-3-11(7-13(12)22-15)16-14(21)19-6-5-10(8-19)9-20/h3-4,7,10,20H,5-6,8-9H2,1-2H3,(H,16,21). The van der Waals surface area contributed by atoms with Gasteiger partial charge in [-0.2, -0.15) is 4.98 Å². The first-order valence-corrected chi connectivity index (χ1v) is 7.31. The molecule has 2 heterocycles. The van der Waals surface area contributed by atoms with E-state index < -0.39 is 0 Å². The van der Waals surface area contributed by atoms with E-state index in [0.717, 1.165) is 11.9 Å². The highest BCUT2D eigenvalue weighted by molar-refractivity contribution is 5.92. The summed E-state index contributed by atoms with van der Waals surface area (Å²) in [6.45, 7) is 1.39. The lowest BCUT2D eigenvalue weighted by atomic mass is 10.1. The van der Waals surface area contributed by atoms with E-state index in [9.17, 15) is 4.79 Å². The minimum atomic E-state index is -0.150. The maximum absolute atomic E-state index is 12.2. The van der Waals surface area contributed by atoms with E-state index in [2.05, 4.69) is 10.3 Å². The molecular weight excluding hydrogens is 284 g/mol. The van der Waals surface area contributed by atoms with Gasteiger partial charge in [0, 0.05) is 51.5 Å². The van der Waals surface area contributed by atoms with Crippen LogP contribution in [0, 0.1) is 5.92 Å². The van der Waals surface area contributed by atoms with Crippen molar-refractivity contribution in [2.75, 3.05) is 44.0 Å². The maximum Gasteiger partial charge on any atom is 0.321 e. The van der Waals surface area contributed by atoms with Crippen LogP contribution in [0.5, 0.6) is 0 Å². The normalized spacial score (nSPS) is 18.0. The zero-order chi connectivity index (χ0) is 15.7. The monoisotopic (exact) mass is 304 g/mol. The Labute approximate surface area is 128 Å². The quantitative estimate of drug-likeness (QED) is 0.902. The molecular formula is C15H20N4O3. The SMILES string of the molecule is CN(C)c1nc2ccc(NC(=O)N3CCC(CO)C3)cc2o1. The summed E-state index contributed by atoms with van der Waals surface area (Å²) >= 11 is 0. The number of benzene rings is 1. The lowest BCUT2D eigenvalue weighted by Crippen LogP contribution is -2.33. The third kappa shape index (κ3) is 2.85. The molecule has 1 fully saturated rings. The summed E-state index contributed by atoms with van der Waals surface area (Å²) in [4.78, 5) is 20.1. The molecule has 1 unspecified atom stereocenters. The minimum absolute atomic E-state index is 0.126.